The molecule has 2 unspecified atom stereocenters. The summed E-state index contributed by atoms with van der Waals surface area (Å²) < 4.78 is 0. The van der Waals surface area contributed by atoms with Crippen LogP contribution in [0.2, 0.25) is 0 Å². The molecule has 0 aliphatic heterocycles. The molecule has 1 aliphatic carbocycles. The van der Waals surface area contributed by atoms with E-state index >= 15 is 0 Å². The molecule has 138 valence electrons. The minimum Gasteiger partial charge on any atom is -0.507 e. The van der Waals surface area contributed by atoms with Gasteiger partial charge in [0.05, 0.1) is 0 Å². The summed E-state index contributed by atoms with van der Waals surface area (Å²) in [6.07, 6.45) is 6.80. The lowest BCUT2D eigenvalue weighted by molar-refractivity contribution is 0.360. The van der Waals surface area contributed by atoms with E-state index in [0.717, 1.165) is 46.2 Å². The second-order valence-corrected chi connectivity index (χ2v) is 8.05. The molecule has 26 heavy (non-hydrogen) atoms. The van der Waals surface area contributed by atoms with E-state index in [0.29, 0.717) is 17.4 Å². The Bertz CT molecular complexity index is 790. The molecule has 0 aromatic heterocycles. The number of allylic oxidation sites excluding steroid dienone is 2. The fourth-order valence-electron chi connectivity index (χ4n) is 4.54. The number of aromatic hydroxyl groups is 2. The molecule has 0 saturated heterocycles. The van der Waals surface area contributed by atoms with Gasteiger partial charge in [0.1, 0.15) is 11.5 Å². The summed E-state index contributed by atoms with van der Waals surface area (Å²) in [5.74, 6) is 1.41. The highest BCUT2D eigenvalue weighted by Crippen LogP contribution is 2.47. The standard InChI is InChI=1S/C24H30O2/c1-14-10-16(3)23(25)20(12-14)22(18(5)19-8-6-7-9-19)21-13-15(2)11-17(4)24(21)26/h6,8,10-13,18-19,22,25-26H,7,9H2,1-5H3. The first-order valence-electron chi connectivity index (χ1n) is 9.56. The second kappa shape index (κ2) is 7.19. The highest BCUT2D eigenvalue weighted by Gasteiger charge is 2.32. The topological polar surface area (TPSA) is 40.5 Å². The van der Waals surface area contributed by atoms with Gasteiger partial charge in [-0.25, -0.2) is 0 Å². The molecule has 0 heterocycles. The third-order valence-electron chi connectivity index (χ3n) is 5.87. The molecule has 1 aliphatic rings. The maximum atomic E-state index is 10.9. The van der Waals surface area contributed by atoms with Crippen LogP contribution in [0.25, 0.3) is 0 Å². The molecule has 2 aromatic rings. The van der Waals surface area contributed by atoms with Gasteiger partial charge >= 0.3 is 0 Å². The Balaban J connectivity index is 2.22. The first kappa shape index (κ1) is 18.6. The summed E-state index contributed by atoms with van der Waals surface area (Å²) in [6.45, 7) is 10.3. The Morgan fingerprint density at radius 1 is 0.846 bits per heavy atom. The van der Waals surface area contributed by atoms with Crippen LogP contribution >= 0.6 is 0 Å². The van der Waals surface area contributed by atoms with Crippen LogP contribution in [0.3, 0.4) is 0 Å². The first-order chi connectivity index (χ1) is 12.3. The van der Waals surface area contributed by atoms with Crippen molar-refractivity contribution in [3.63, 3.8) is 0 Å². The maximum absolute atomic E-state index is 10.9. The molecule has 2 heteroatoms. The molecule has 0 spiro atoms. The molecule has 0 bridgehead atoms. The highest BCUT2D eigenvalue weighted by atomic mass is 16.3. The molecule has 2 aromatic carbocycles. The van der Waals surface area contributed by atoms with E-state index in [1.807, 2.05) is 26.0 Å². The van der Waals surface area contributed by atoms with Crippen LogP contribution in [0.4, 0.5) is 0 Å². The van der Waals surface area contributed by atoms with Crippen LogP contribution in [-0.2, 0) is 0 Å². The SMILES string of the molecule is Cc1cc(C)c(O)c(C(c2cc(C)cc(C)c2O)C(C)C2C=CCC2)c1. The van der Waals surface area contributed by atoms with Gasteiger partial charge in [0.25, 0.3) is 0 Å². The minimum atomic E-state index is -0.0417. The van der Waals surface area contributed by atoms with E-state index in [9.17, 15) is 10.2 Å². The summed E-state index contributed by atoms with van der Waals surface area (Å²) in [5.41, 5.74) is 5.91. The van der Waals surface area contributed by atoms with Gasteiger partial charge in [-0.1, -0.05) is 54.5 Å². The van der Waals surface area contributed by atoms with Gasteiger partial charge in [-0.2, -0.15) is 0 Å². The molecule has 0 fully saturated rings. The quantitative estimate of drug-likeness (QED) is 0.657. The summed E-state index contributed by atoms with van der Waals surface area (Å²) in [4.78, 5) is 0. The third kappa shape index (κ3) is 3.38. The van der Waals surface area contributed by atoms with Gasteiger partial charge in [0.2, 0.25) is 0 Å². The van der Waals surface area contributed by atoms with Gasteiger partial charge < -0.3 is 10.2 Å². The highest BCUT2D eigenvalue weighted by molar-refractivity contribution is 5.53. The largest absolute Gasteiger partial charge is 0.507 e. The summed E-state index contributed by atoms with van der Waals surface area (Å²) in [5, 5.41) is 21.8. The fourth-order valence-corrected chi connectivity index (χ4v) is 4.54. The average molecular weight is 351 g/mol. The lowest BCUT2D eigenvalue weighted by Crippen LogP contribution is -2.19. The van der Waals surface area contributed by atoms with Crippen LogP contribution in [0.1, 0.15) is 59.1 Å². The number of benzene rings is 2. The number of aryl methyl sites for hydroxylation is 4. The molecule has 3 rings (SSSR count). The lowest BCUT2D eigenvalue weighted by Gasteiger charge is -2.31. The van der Waals surface area contributed by atoms with Crippen molar-refractivity contribution in [1.82, 2.24) is 0 Å². The van der Waals surface area contributed by atoms with E-state index in [-0.39, 0.29) is 11.8 Å². The van der Waals surface area contributed by atoms with E-state index in [4.69, 9.17) is 0 Å². The first-order valence-corrected chi connectivity index (χ1v) is 9.56. The van der Waals surface area contributed by atoms with E-state index < -0.39 is 0 Å². The predicted molar refractivity (Wildman–Crippen MR) is 108 cm³/mol. The van der Waals surface area contributed by atoms with Crippen LogP contribution in [0.15, 0.2) is 36.4 Å². The molecule has 2 N–H and O–H groups in total. The van der Waals surface area contributed by atoms with Crippen LogP contribution in [-0.4, -0.2) is 10.2 Å². The minimum absolute atomic E-state index is 0.0417. The van der Waals surface area contributed by atoms with E-state index in [1.54, 1.807) is 0 Å². The van der Waals surface area contributed by atoms with Gasteiger partial charge in [-0.05, 0) is 63.5 Å². The summed E-state index contributed by atoms with van der Waals surface area (Å²) in [6, 6.07) is 8.19. The van der Waals surface area contributed by atoms with Crippen LogP contribution in [0, 0.1) is 39.5 Å². The van der Waals surface area contributed by atoms with Gasteiger partial charge in [-0.3, -0.25) is 0 Å². The average Bonchev–Trinajstić information content (AvgIpc) is 3.10. The normalized spacial score (nSPS) is 17.8. The molecular formula is C24H30O2. The molecular weight excluding hydrogens is 320 g/mol. The Morgan fingerprint density at radius 2 is 1.35 bits per heavy atom. The van der Waals surface area contributed by atoms with Crippen molar-refractivity contribution < 1.29 is 10.2 Å². The number of hydrogen-bond donors (Lipinski definition) is 2. The number of rotatable bonds is 4. The van der Waals surface area contributed by atoms with Gasteiger partial charge in [-0.15, -0.1) is 0 Å². The summed E-state index contributed by atoms with van der Waals surface area (Å²) >= 11 is 0. The lowest BCUT2D eigenvalue weighted by atomic mass is 9.73. The zero-order valence-electron chi connectivity index (χ0n) is 16.5. The molecule has 2 atom stereocenters. The van der Waals surface area contributed by atoms with Gasteiger partial charge in [0, 0.05) is 17.0 Å². The van der Waals surface area contributed by atoms with Crippen LogP contribution < -0.4 is 0 Å². The maximum Gasteiger partial charge on any atom is 0.122 e. The Labute approximate surface area is 157 Å². The molecule has 0 radical (unpaired) electrons. The van der Waals surface area contributed by atoms with Crippen molar-refractivity contribution in [1.29, 1.82) is 0 Å². The Hall–Kier alpha value is -2.22. The Kier molecular flexibility index (Phi) is 5.13. The van der Waals surface area contributed by atoms with Crippen molar-refractivity contribution in [2.45, 2.75) is 53.4 Å². The molecule has 0 saturated carbocycles. The number of phenolic OH excluding ortho intramolecular Hbond substituents is 2. The van der Waals surface area contributed by atoms with E-state index in [1.165, 1.54) is 0 Å². The van der Waals surface area contributed by atoms with Crippen molar-refractivity contribution in [2.24, 2.45) is 11.8 Å². The third-order valence-corrected chi connectivity index (χ3v) is 5.87. The molecule has 0 amide bonds. The predicted octanol–water partition coefficient (Wildman–Crippen LogP) is 6.07. The van der Waals surface area contributed by atoms with Crippen molar-refractivity contribution in [3.8, 4) is 11.5 Å². The number of hydrogen-bond acceptors (Lipinski definition) is 2. The molecule has 2 nitrogen and oxygen atoms in total. The fraction of sp³-hybridized carbons (Fsp3) is 0.417. The zero-order valence-corrected chi connectivity index (χ0v) is 16.5. The number of phenols is 2. The van der Waals surface area contributed by atoms with E-state index in [2.05, 4.69) is 45.1 Å². The summed E-state index contributed by atoms with van der Waals surface area (Å²) in [7, 11) is 0. The van der Waals surface area contributed by atoms with Crippen molar-refractivity contribution in [3.05, 3.63) is 69.8 Å². The smallest absolute Gasteiger partial charge is 0.122 e. The van der Waals surface area contributed by atoms with Crippen LogP contribution in [0.5, 0.6) is 11.5 Å². The zero-order chi connectivity index (χ0) is 19.0. The second-order valence-electron chi connectivity index (χ2n) is 8.05. The van der Waals surface area contributed by atoms with Gasteiger partial charge in [0.15, 0.2) is 0 Å². The Morgan fingerprint density at radius 3 is 1.77 bits per heavy atom. The van der Waals surface area contributed by atoms with Crippen molar-refractivity contribution in [2.75, 3.05) is 0 Å². The monoisotopic (exact) mass is 350 g/mol. The van der Waals surface area contributed by atoms with Crippen molar-refractivity contribution >= 4 is 0 Å².